The van der Waals surface area contributed by atoms with Crippen LogP contribution < -0.4 is 5.56 Å². The van der Waals surface area contributed by atoms with Gasteiger partial charge in [-0.3, -0.25) is 9.48 Å². The summed E-state index contributed by atoms with van der Waals surface area (Å²) >= 11 is 0. The molecule has 0 spiro atoms. The molecular weight excluding hydrogens is 354 g/mol. The lowest BCUT2D eigenvalue weighted by Gasteiger charge is -2.03. The van der Waals surface area contributed by atoms with Crippen LogP contribution in [0.2, 0.25) is 0 Å². The predicted octanol–water partition coefficient (Wildman–Crippen LogP) is 2.42. The van der Waals surface area contributed by atoms with Crippen molar-refractivity contribution in [2.24, 2.45) is 0 Å². The van der Waals surface area contributed by atoms with E-state index in [2.05, 4.69) is 37.3 Å². The molecule has 4 heterocycles. The molecule has 0 saturated carbocycles. The minimum atomic E-state index is -0.205. The fourth-order valence-corrected chi connectivity index (χ4v) is 3.11. The Morgan fingerprint density at radius 1 is 0.929 bits per heavy atom. The van der Waals surface area contributed by atoms with E-state index < -0.39 is 0 Å². The lowest BCUT2D eigenvalue weighted by Crippen LogP contribution is -2.09. The Morgan fingerprint density at radius 3 is 2.64 bits per heavy atom. The van der Waals surface area contributed by atoms with Gasteiger partial charge in [0.1, 0.15) is 5.52 Å². The molecule has 1 aromatic carbocycles. The van der Waals surface area contributed by atoms with E-state index in [-0.39, 0.29) is 5.56 Å². The zero-order valence-electron chi connectivity index (χ0n) is 14.7. The summed E-state index contributed by atoms with van der Waals surface area (Å²) < 4.78 is 3.51. The highest BCUT2D eigenvalue weighted by Gasteiger charge is 2.11. The highest BCUT2D eigenvalue weighted by molar-refractivity contribution is 5.83. The maximum Gasteiger partial charge on any atom is 0.258 e. The maximum atomic E-state index is 12.0. The van der Waals surface area contributed by atoms with Gasteiger partial charge in [-0.1, -0.05) is 30.3 Å². The fourth-order valence-electron chi connectivity index (χ4n) is 3.11. The van der Waals surface area contributed by atoms with Gasteiger partial charge in [0.25, 0.3) is 5.56 Å². The molecule has 28 heavy (non-hydrogen) atoms. The van der Waals surface area contributed by atoms with Crippen LogP contribution in [0.4, 0.5) is 0 Å². The highest BCUT2D eigenvalue weighted by Crippen LogP contribution is 2.21. The minimum Gasteiger partial charge on any atom is -0.313 e. The van der Waals surface area contributed by atoms with Crippen molar-refractivity contribution >= 4 is 10.9 Å². The van der Waals surface area contributed by atoms with Gasteiger partial charge in [-0.15, -0.1) is 0 Å². The first kappa shape index (κ1) is 16.1. The van der Waals surface area contributed by atoms with E-state index in [4.69, 9.17) is 0 Å². The smallest absolute Gasteiger partial charge is 0.258 e. The molecule has 5 rings (SSSR count). The molecule has 0 aliphatic rings. The molecule has 0 aliphatic heterocycles. The van der Waals surface area contributed by atoms with Crippen LogP contribution >= 0.6 is 0 Å². The molecule has 8 nitrogen and oxygen atoms in total. The number of aromatic nitrogens is 7. The van der Waals surface area contributed by atoms with Crippen molar-refractivity contribution in [2.75, 3.05) is 0 Å². The molecule has 0 fully saturated rings. The van der Waals surface area contributed by atoms with E-state index in [1.807, 2.05) is 41.5 Å². The molecule has 0 atom stereocenters. The van der Waals surface area contributed by atoms with Gasteiger partial charge < -0.3 is 4.98 Å². The van der Waals surface area contributed by atoms with Crippen LogP contribution in [-0.2, 0) is 6.54 Å². The second-order valence-electron chi connectivity index (χ2n) is 6.35. The van der Waals surface area contributed by atoms with Gasteiger partial charge in [0.2, 0.25) is 0 Å². The Balaban J connectivity index is 1.48. The first-order chi connectivity index (χ1) is 13.8. The summed E-state index contributed by atoms with van der Waals surface area (Å²) in [6, 6.07) is 11.8. The first-order valence-electron chi connectivity index (χ1n) is 8.72. The largest absolute Gasteiger partial charge is 0.313 e. The maximum absolute atomic E-state index is 12.0. The average molecular weight is 369 g/mol. The summed E-state index contributed by atoms with van der Waals surface area (Å²) in [5.74, 6) is 0.506. The normalized spacial score (nSPS) is 11.1. The summed E-state index contributed by atoms with van der Waals surface area (Å²) in [7, 11) is 0. The van der Waals surface area contributed by atoms with E-state index >= 15 is 0 Å². The van der Waals surface area contributed by atoms with Crippen molar-refractivity contribution in [3.05, 3.63) is 89.6 Å². The van der Waals surface area contributed by atoms with E-state index in [0.29, 0.717) is 23.3 Å². The Hall–Kier alpha value is -4.07. The zero-order valence-corrected chi connectivity index (χ0v) is 14.7. The Bertz CT molecular complexity index is 1320. The molecule has 0 bridgehead atoms. The van der Waals surface area contributed by atoms with Crippen LogP contribution in [0.15, 0.2) is 78.5 Å². The second kappa shape index (κ2) is 6.58. The predicted molar refractivity (Wildman–Crippen MR) is 104 cm³/mol. The van der Waals surface area contributed by atoms with Gasteiger partial charge in [0.05, 0.1) is 30.7 Å². The third kappa shape index (κ3) is 2.86. The van der Waals surface area contributed by atoms with Crippen LogP contribution in [0.3, 0.4) is 0 Å². The monoisotopic (exact) mass is 369 g/mol. The van der Waals surface area contributed by atoms with Crippen molar-refractivity contribution < 1.29 is 0 Å². The van der Waals surface area contributed by atoms with Gasteiger partial charge in [0.15, 0.2) is 5.82 Å². The van der Waals surface area contributed by atoms with Gasteiger partial charge in [-0.2, -0.15) is 10.2 Å². The lowest BCUT2D eigenvalue weighted by atomic mass is 10.2. The highest BCUT2D eigenvalue weighted by atomic mass is 16.1. The Labute approximate surface area is 159 Å². The van der Waals surface area contributed by atoms with Crippen LogP contribution in [0.25, 0.3) is 27.8 Å². The molecular formula is C20H15N7O. The number of H-pyrrole nitrogens is 1. The molecule has 136 valence electrons. The van der Waals surface area contributed by atoms with Gasteiger partial charge in [0, 0.05) is 29.7 Å². The number of aromatic amines is 1. The molecule has 1 N–H and O–H groups in total. The van der Waals surface area contributed by atoms with Crippen LogP contribution in [0.5, 0.6) is 0 Å². The second-order valence-corrected chi connectivity index (χ2v) is 6.35. The summed E-state index contributed by atoms with van der Waals surface area (Å²) in [5.41, 5.74) is 3.34. The van der Waals surface area contributed by atoms with Crippen molar-refractivity contribution in [3.8, 4) is 16.9 Å². The van der Waals surface area contributed by atoms with Crippen LogP contribution in [-0.4, -0.2) is 34.5 Å². The number of nitrogens with zero attached hydrogens (tertiary/aromatic N) is 6. The SMILES string of the molecule is O=c1[nH]cnc2c(-n3cc(-c4cnn(Cc5ccccc5)c4)cn3)nccc12. The molecule has 0 aliphatic carbocycles. The van der Waals surface area contributed by atoms with E-state index in [9.17, 15) is 4.79 Å². The number of nitrogens with one attached hydrogen (secondary N) is 1. The summed E-state index contributed by atoms with van der Waals surface area (Å²) in [4.78, 5) is 23.2. The van der Waals surface area contributed by atoms with E-state index in [1.54, 1.807) is 23.1 Å². The summed E-state index contributed by atoms with van der Waals surface area (Å²) in [6.45, 7) is 0.701. The average Bonchev–Trinajstić information content (AvgIpc) is 3.38. The number of fused-ring (bicyclic) bond motifs is 1. The molecule has 5 aromatic rings. The molecule has 0 amide bonds. The number of rotatable bonds is 4. The van der Waals surface area contributed by atoms with E-state index in [0.717, 1.165) is 11.1 Å². The molecule has 8 heteroatoms. The van der Waals surface area contributed by atoms with E-state index in [1.165, 1.54) is 11.9 Å². The zero-order chi connectivity index (χ0) is 18.9. The molecule has 0 unspecified atom stereocenters. The van der Waals surface area contributed by atoms with Gasteiger partial charge in [-0.25, -0.2) is 14.6 Å². The van der Waals surface area contributed by atoms with Gasteiger partial charge >= 0.3 is 0 Å². The summed E-state index contributed by atoms with van der Waals surface area (Å²) in [5, 5.41) is 9.31. The van der Waals surface area contributed by atoms with Crippen LogP contribution in [0, 0.1) is 0 Å². The van der Waals surface area contributed by atoms with Crippen molar-refractivity contribution in [2.45, 2.75) is 6.54 Å². The quantitative estimate of drug-likeness (QED) is 0.525. The Morgan fingerprint density at radius 2 is 1.75 bits per heavy atom. The third-order valence-corrected chi connectivity index (χ3v) is 4.49. The summed E-state index contributed by atoms with van der Waals surface area (Å²) in [6.07, 6.45) is 10.3. The topological polar surface area (TPSA) is 94.3 Å². The Kier molecular flexibility index (Phi) is 3.79. The molecule has 0 radical (unpaired) electrons. The molecule has 4 aromatic heterocycles. The minimum absolute atomic E-state index is 0.205. The number of benzene rings is 1. The van der Waals surface area contributed by atoms with Gasteiger partial charge in [-0.05, 0) is 11.6 Å². The van der Waals surface area contributed by atoms with Crippen LogP contribution in [0.1, 0.15) is 5.56 Å². The third-order valence-electron chi connectivity index (χ3n) is 4.49. The fraction of sp³-hybridized carbons (Fsp3) is 0.0500. The number of hydrogen-bond donors (Lipinski definition) is 1. The first-order valence-corrected chi connectivity index (χ1v) is 8.72. The van der Waals surface area contributed by atoms with Crippen molar-refractivity contribution in [1.82, 2.24) is 34.5 Å². The lowest BCUT2D eigenvalue weighted by molar-refractivity contribution is 0.687. The standard InChI is InChI=1S/C20H15N7O/c28-20-17-6-7-21-19(18(17)22-13-23-20)27-12-16(9-25-27)15-8-24-26(11-15)10-14-4-2-1-3-5-14/h1-9,11-13H,10H2,(H,22,23,28). The van der Waals surface area contributed by atoms with Crippen molar-refractivity contribution in [1.29, 1.82) is 0 Å². The number of pyridine rings is 1. The molecule has 0 saturated heterocycles. The number of hydrogen-bond acceptors (Lipinski definition) is 5. The van der Waals surface area contributed by atoms with Crippen molar-refractivity contribution in [3.63, 3.8) is 0 Å².